The second-order valence-electron chi connectivity index (χ2n) is 6.87. The number of benzene rings is 2. The number of imidazole rings is 1. The van der Waals surface area contributed by atoms with Gasteiger partial charge in [-0.2, -0.15) is 0 Å². The number of carbonyl (C=O) groups excluding carboxylic acids is 1. The van der Waals surface area contributed by atoms with Crippen molar-refractivity contribution in [3.8, 4) is 5.75 Å². The maximum Gasteiger partial charge on any atom is 0.260 e. The number of aryl methyl sites for hydroxylation is 1. The van der Waals surface area contributed by atoms with Crippen molar-refractivity contribution in [2.45, 2.75) is 24.8 Å². The summed E-state index contributed by atoms with van der Waals surface area (Å²) in [6.45, 7) is 3.87. The fourth-order valence-electron chi connectivity index (χ4n) is 3.30. The van der Waals surface area contributed by atoms with Crippen molar-refractivity contribution in [2.24, 2.45) is 0 Å². The zero-order chi connectivity index (χ0) is 21.6. The van der Waals surface area contributed by atoms with Gasteiger partial charge in [-0.3, -0.25) is 9.69 Å². The Kier molecular flexibility index (Phi) is 6.89. The lowest BCUT2D eigenvalue weighted by molar-refractivity contribution is 0.0986. The van der Waals surface area contributed by atoms with Crippen LogP contribution in [0, 0.1) is 0 Å². The molecule has 0 spiro atoms. The lowest BCUT2D eigenvalue weighted by Gasteiger charge is -2.20. The molecule has 0 radical (unpaired) electrons. The molecule has 2 aromatic carbocycles. The first-order valence-corrected chi connectivity index (χ1v) is 12.2. The van der Waals surface area contributed by atoms with Gasteiger partial charge in [0.1, 0.15) is 11.3 Å². The molecule has 8 heteroatoms. The van der Waals surface area contributed by atoms with Crippen molar-refractivity contribution in [1.29, 1.82) is 0 Å². The van der Waals surface area contributed by atoms with Gasteiger partial charge in [-0.15, -0.1) is 11.8 Å². The Morgan fingerprint density at radius 3 is 2.77 bits per heavy atom. The number of ether oxygens (including phenoxy) is 1. The fourth-order valence-corrected chi connectivity index (χ4v) is 4.72. The van der Waals surface area contributed by atoms with Crippen LogP contribution in [0.4, 0.5) is 5.13 Å². The van der Waals surface area contributed by atoms with Gasteiger partial charge in [-0.1, -0.05) is 17.4 Å². The molecule has 0 atom stereocenters. The van der Waals surface area contributed by atoms with Crippen molar-refractivity contribution in [2.75, 3.05) is 24.3 Å². The third-order valence-electron chi connectivity index (χ3n) is 4.84. The highest BCUT2D eigenvalue weighted by Gasteiger charge is 2.22. The van der Waals surface area contributed by atoms with Crippen molar-refractivity contribution in [3.63, 3.8) is 0 Å². The summed E-state index contributed by atoms with van der Waals surface area (Å²) in [6.07, 6.45) is 8.30. The number of thioether (sulfide) groups is 1. The number of para-hydroxylation sites is 1. The number of fused-ring (bicyclic) bond motifs is 1. The predicted molar refractivity (Wildman–Crippen MR) is 128 cm³/mol. The summed E-state index contributed by atoms with van der Waals surface area (Å²) in [7, 11) is 0. The fraction of sp³-hybridized carbons (Fsp3) is 0.261. The number of hydrogen-bond donors (Lipinski definition) is 0. The zero-order valence-electron chi connectivity index (χ0n) is 17.5. The minimum absolute atomic E-state index is 0.0460. The molecule has 1 amide bonds. The van der Waals surface area contributed by atoms with E-state index in [0.717, 1.165) is 33.8 Å². The molecule has 0 bridgehead atoms. The van der Waals surface area contributed by atoms with Gasteiger partial charge >= 0.3 is 0 Å². The second kappa shape index (κ2) is 9.98. The number of rotatable bonds is 9. The van der Waals surface area contributed by atoms with E-state index in [4.69, 9.17) is 9.72 Å². The van der Waals surface area contributed by atoms with Crippen LogP contribution in [0.15, 0.2) is 66.1 Å². The predicted octanol–water partition coefficient (Wildman–Crippen LogP) is 5.35. The van der Waals surface area contributed by atoms with Gasteiger partial charge in [-0.25, -0.2) is 9.97 Å². The SMILES string of the molecule is CCOc1cccc2sc(N(CCCn3ccnc3)C(=O)c3ccc(SC)cc3)nc12. The summed E-state index contributed by atoms with van der Waals surface area (Å²) < 4.78 is 8.76. The van der Waals surface area contributed by atoms with Gasteiger partial charge in [0.05, 0.1) is 17.6 Å². The van der Waals surface area contributed by atoms with Crippen molar-refractivity contribution in [1.82, 2.24) is 14.5 Å². The summed E-state index contributed by atoms with van der Waals surface area (Å²) in [4.78, 5) is 25.3. The summed E-state index contributed by atoms with van der Waals surface area (Å²) in [5, 5.41) is 0.687. The lowest BCUT2D eigenvalue weighted by Crippen LogP contribution is -2.32. The molecule has 6 nitrogen and oxygen atoms in total. The molecule has 0 saturated carbocycles. The maximum atomic E-state index is 13.5. The Morgan fingerprint density at radius 2 is 2.06 bits per heavy atom. The van der Waals surface area contributed by atoms with Crippen LogP contribution in [-0.2, 0) is 6.54 Å². The van der Waals surface area contributed by atoms with E-state index in [1.54, 1.807) is 29.2 Å². The molecule has 160 valence electrons. The number of aromatic nitrogens is 3. The van der Waals surface area contributed by atoms with Crippen molar-refractivity contribution in [3.05, 3.63) is 66.7 Å². The van der Waals surface area contributed by atoms with Crippen LogP contribution in [0.1, 0.15) is 23.7 Å². The van der Waals surface area contributed by atoms with E-state index < -0.39 is 0 Å². The smallest absolute Gasteiger partial charge is 0.260 e. The Labute approximate surface area is 189 Å². The van der Waals surface area contributed by atoms with E-state index in [0.29, 0.717) is 23.8 Å². The molecule has 0 unspecified atom stereocenters. The second-order valence-corrected chi connectivity index (χ2v) is 8.76. The number of anilines is 1. The summed E-state index contributed by atoms with van der Waals surface area (Å²) in [5.41, 5.74) is 1.46. The van der Waals surface area contributed by atoms with E-state index in [9.17, 15) is 4.79 Å². The molecule has 2 aromatic heterocycles. The number of nitrogens with zero attached hydrogens (tertiary/aromatic N) is 4. The van der Waals surface area contributed by atoms with E-state index in [2.05, 4.69) is 4.98 Å². The first-order chi connectivity index (χ1) is 15.2. The standard InChI is InChI=1S/C23H24N4O2S2/c1-3-29-19-6-4-7-20-21(19)25-23(31-20)27(14-5-13-26-15-12-24-16-26)22(28)17-8-10-18(30-2)11-9-17/h4,6-12,15-16H,3,5,13-14H2,1-2H3. The van der Waals surface area contributed by atoms with E-state index >= 15 is 0 Å². The number of amides is 1. The first-order valence-electron chi connectivity index (χ1n) is 10.1. The van der Waals surface area contributed by atoms with E-state index in [1.807, 2.05) is 66.4 Å². The summed E-state index contributed by atoms with van der Waals surface area (Å²) in [5.74, 6) is 0.702. The maximum absolute atomic E-state index is 13.5. The molecule has 0 N–H and O–H groups in total. The number of thiazole rings is 1. The average molecular weight is 453 g/mol. The highest BCUT2D eigenvalue weighted by molar-refractivity contribution is 7.98. The highest BCUT2D eigenvalue weighted by atomic mass is 32.2. The number of carbonyl (C=O) groups is 1. The molecular weight excluding hydrogens is 428 g/mol. The van der Waals surface area contributed by atoms with Crippen molar-refractivity contribution < 1.29 is 9.53 Å². The van der Waals surface area contributed by atoms with E-state index in [-0.39, 0.29) is 5.91 Å². The Bertz CT molecular complexity index is 1140. The Morgan fingerprint density at radius 1 is 1.23 bits per heavy atom. The first kappa shape index (κ1) is 21.4. The van der Waals surface area contributed by atoms with Crippen LogP contribution < -0.4 is 9.64 Å². The van der Waals surface area contributed by atoms with E-state index in [1.165, 1.54) is 11.3 Å². The van der Waals surface area contributed by atoms with Gasteiger partial charge in [0.2, 0.25) is 0 Å². The third kappa shape index (κ3) is 4.91. The molecular formula is C23H24N4O2S2. The van der Waals surface area contributed by atoms with Crippen LogP contribution in [0.2, 0.25) is 0 Å². The zero-order valence-corrected chi connectivity index (χ0v) is 19.2. The van der Waals surface area contributed by atoms with Crippen molar-refractivity contribution >= 4 is 44.4 Å². The third-order valence-corrected chi connectivity index (χ3v) is 6.63. The van der Waals surface area contributed by atoms with Gasteiger partial charge < -0.3 is 9.30 Å². The van der Waals surface area contributed by atoms with Gasteiger partial charge in [0, 0.05) is 35.9 Å². The van der Waals surface area contributed by atoms with Crippen LogP contribution in [0.25, 0.3) is 10.2 Å². The topological polar surface area (TPSA) is 60.2 Å². The molecule has 0 fully saturated rings. The molecule has 0 aliphatic carbocycles. The average Bonchev–Trinajstić information content (AvgIpc) is 3.47. The summed E-state index contributed by atoms with van der Waals surface area (Å²) in [6, 6.07) is 13.6. The Hall–Kier alpha value is -2.84. The molecule has 31 heavy (non-hydrogen) atoms. The molecule has 2 heterocycles. The molecule has 0 aliphatic heterocycles. The van der Waals surface area contributed by atoms with Crippen LogP contribution in [0.5, 0.6) is 5.75 Å². The highest BCUT2D eigenvalue weighted by Crippen LogP contribution is 2.35. The van der Waals surface area contributed by atoms with Crippen LogP contribution in [0.3, 0.4) is 0 Å². The summed E-state index contributed by atoms with van der Waals surface area (Å²) >= 11 is 3.17. The van der Waals surface area contributed by atoms with Gasteiger partial charge in [-0.05, 0) is 56.0 Å². The van der Waals surface area contributed by atoms with Gasteiger partial charge in [0.25, 0.3) is 5.91 Å². The van der Waals surface area contributed by atoms with Crippen LogP contribution in [-0.4, -0.2) is 39.8 Å². The molecule has 0 saturated heterocycles. The van der Waals surface area contributed by atoms with Crippen LogP contribution >= 0.6 is 23.1 Å². The monoisotopic (exact) mass is 452 g/mol. The lowest BCUT2D eigenvalue weighted by atomic mass is 10.2. The molecule has 4 rings (SSSR count). The molecule has 0 aliphatic rings. The molecule has 4 aromatic rings. The van der Waals surface area contributed by atoms with Gasteiger partial charge in [0.15, 0.2) is 5.13 Å². The normalized spacial score (nSPS) is 11.0. The Balaban J connectivity index is 1.64. The quantitative estimate of drug-likeness (QED) is 0.320. The number of hydrogen-bond acceptors (Lipinski definition) is 6. The minimum atomic E-state index is -0.0460. The minimum Gasteiger partial charge on any atom is -0.492 e. The largest absolute Gasteiger partial charge is 0.492 e.